The Hall–Kier alpha value is -1.59. The third-order valence-electron chi connectivity index (χ3n) is 5.63. The highest BCUT2D eigenvalue weighted by atomic mass is 16.4. The van der Waals surface area contributed by atoms with E-state index in [1.54, 1.807) is 0 Å². The van der Waals surface area contributed by atoms with Gasteiger partial charge in [-0.15, -0.1) is 0 Å². The predicted molar refractivity (Wildman–Crippen MR) is 115 cm³/mol. The van der Waals surface area contributed by atoms with Gasteiger partial charge in [0.1, 0.15) is 5.84 Å². The van der Waals surface area contributed by atoms with E-state index in [4.69, 9.17) is 10.1 Å². The number of amides is 2. The number of hydrogen-bond donors (Lipinski definition) is 2. The molecule has 1 rings (SSSR count). The van der Waals surface area contributed by atoms with Gasteiger partial charge in [-0.25, -0.2) is 4.79 Å². The maximum absolute atomic E-state index is 12.3. The molecule has 0 aromatic rings. The van der Waals surface area contributed by atoms with Gasteiger partial charge in [0.2, 0.25) is 0 Å². The lowest BCUT2D eigenvalue weighted by atomic mass is 9.97. The first-order chi connectivity index (χ1) is 13.5. The summed E-state index contributed by atoms with van der Waals surface area (Å²) in [6, 6.07) is 0.121. The van der Waals surface area contributed by atoms with Crippen molar-refractivity contribution in [2.75, 3.05) is 13.1 Å². The Morgan fingerprint density at radius 2 is 1.68 bits per heavy atom. The summed E-state index contributed by atoms with van der Waals surface area (Å²) in [7, 11) is 0. The zero-order chi connectivity index (χ0) is 20.8. The van der Waals surface area contributed by atoms with Gasteiger partial charge in [-0.2, -0.15) is 0 Å². The minimum absolute atomic E-state index is 0.0143. The highest BCUT2D eigenvalue weighted by Gasteiger charge is 2.38. The molecule has 2 N–H and O–H groups in total. The van der Waals surface area contributed by atoms with Crippen LogP contribution in [0.5, 0.6) is 0 Å². The lowest BCUT2D eigenvalue weighted by Gasteiger charge is -2.27. The van der Waals surface area contributed by atoms with Crippen LogP contribution in [0.15, 0.2) is 4.99 Å². The molecule has 2 unspecified atom stereocenters. The average molecular weight is 396 g/mol. The number of carbonyl (C=O) groups excluding carboxylic acids is 1. The maximum Gasteiger partial charge on any atom is 0.323 e. The number of unbranched alkanes of at least 4 members (excludes halogenated alkanes) is 8. The second-order valence-electron chi connectivity index (χ2n) is 8.05. The lowest BCUT2D eigenvalue weighted by Crippen LogP contribution is -2.40. The number of hydrogen-bond acceptors (Lipinski definition) is 3. The van der Waals surface area contributed by atoms with Crippen LogP contribution < -0.4 is 5.32 Å². The van der Waals surface area contributed by atoms with Crippen LogP contribution in [0.3, 0.4) is 0 Å². The van der Waals surface area contributed by atoms with Gasteiger partial charge in [0, 0.05) is 19.5 Å². The van der Waals surface area contributed by atoms with Crippen LogP contribution in [0.4, 0.5) is 4.79 Å². The smallest absolute Gasteiger partial charge is 0.323 e. The summed E-state index contributed by atoms with van der Waals surface area (Å²) in [4.78, 5) is 29.5. The van der Waals surface area contributed by atoms with Crippen molar-refractivity contribution in [3.8, 4) is 0 Å². The van der Waals surface area contributed by atoms with E-state index in [1.165, 1.54) is 19.3 Å². The molecule has 0 aromatic heterocycles. The Labute approximate surface area is 171 Å². The van der Waals surface area contributed by atoms with Crippen LogP contribution in [-0.2, 0) is 4.79 Å². The summed E-state index contributed by atoms with van der Waals surface area (Å²) in [5.74, 6) is 0.591. The molecule has 1 aliphatic rings. The number of nitrogens with zero attached hydrogens (tertiary/aromatic N) is 2. The van der Waals surface area contributed by atoms with Crippen molar-refractivity contribution < 1.29 is 14.7 Å². The minimum Gasteiger partial charge on any atom is -0.481 e. The zero-order valence-electron chi connectivity index (χ0n) is 18.2. The molecule has 1 fully saturated rings. The Balaban J connectivity index is 2.26. The fraction of sp³-hybridized carbons (Fsp3) is 0.864. The molecule has 0 bridgehead atoms. The van der Waals surface area contributed by atoms with Gasteiger partial charge in [0.15, 0.2) is 0 Å². The van der Waals surface area contributed by atoms with Crippen LogP contribution >= 0.6 is 0 Å². The quantitative estimate of drug-likeness (QED) is 0.351. The summed E-state index contributed by atoms with van der Waals surface area (Å²) in [6.45, 7) is 8.11. The van der Waals surface area contributed by atoms with Crippen molar-refractivity contribution in [2.45, 2.75) is 104 Å². The van der Waals surface area contributed by atoms with Crippen molar-refractivity contribution in [1.29, 1.82) is 0 Å². The van der Waals surface area contributed by atoms with Gasteiger partial charge in [0.25, 0.3) is 0 Å². The Morgan fingerprint density at radius 3 is 2.25 bits per heavy atom. The minimum atomic E-state index is -0.691. The van der Waals surface area contributed by atoms with E-state index < -0.39 is 5.97 Å². The molecule has 6 heteroatoms. The maximum atomic E-state index is 12.3. The number of rotatable bonds is 16. The fourth-order valence-electron chi connectivity index (χ4n) is 3.68. The fourth-order valence-corrected chi connectivity index (χ4v) is 3.68. The molecule has 0 spiro atoms. The Bertz CT molecular complexity index is 493. The van der Waals surface area contributed by atoms with Gasteiger partial charge in [-0.05, 0) is 25.2 Å². The Kier molecular flexibility index (Phi) is 12.6. The number of nitrogens with one attached hydrogen (secondary N) is 1. The summed E-state index contributed by atoms with van der Waals surface area (Å²) in [6.07, 6.45) is 12.2. The first kappa shape index (κ1) is 24.4. The molecule has 1 saturated heterocycles. The first-order valence-corrected chi connectivity index (χ1v) is 11.3. The molecule has 2 atom stereocenters. The number of urea groups is 1. The molecule has 0 aromatic carbocycles. The second-order valence-corrected chi connectivity index (χ2v) is 8.05. The molecular formula is C22H41N3O3. The third-order valence-corrected chi connectivity index (χ3v) is 5.63. The van der Waals surface area contributed by atoms with Gasteiger partial charge in [-0.1, -0.05) is 72.1 Å². The first-order valence-electron chi connectivity index (χ1n) is 11.3. The lowest BCUT2D eigenvalue weighted by molar-refractivity contribution is -0.137. The van der Waals surface area contributed by atoms with Gasteiger partial charge < -0.3 is 10.0 Å². The number of amidine groups is 1. The Morgan fingerprint density at radius 1 is 1.07 bits per heavy atom. The number of carbonyl (C=O) groups is 2. The molecule has 0 radical (unpaired) electrons. The summed E-state index contributed by atoms with van der Waals surface area (Å²) in [5.41, 5.74) is 0. The van der Waals surface area contributed by atoms with Crippen molar-refractivity contribution >= 4 is 17.8 Å². The number of aliphatic imine (C=N–C) groups is 1. The molecule has 1 aliphatic heterocycles. The molecule has 6 nitrogen and oxygen atoms in total. The average Bonchev–Trinajstić information content (AvgIpc) is 2.98. The summed E-state index contributed by atoms with van der Waals surface area (Å²) >= 11 is 0. The normalized spacial score (nSPS) is 19.2. The number of carboxylic acid groups (broad SMARTS) is 1. The molecule has 1 heterocycles. The standard InChI is InChI=1S/C22H41N3O3/c1-4-6-17-25-20(18(3)5-2)21(24-22(25)28)23-16-14-12-10-8-7-9-11-13-15-19(26)27/h18,20H,4-17H2,1-3H3,(H,26,27)(H,23,24,28). The van der Waals surface area contributed by atoms with E-state index in [-0.39, 0.29) is 12.1 Å². The SMILES string of the molecule is CCCCN1C(=O)NC(=NCCCCCCCCCCC(=O)O)C1C(C)CC. The molecule has 162 valence electrons. The van der Waals surface area contributed by atoms with Gasteiger partial charge in [-0.3, -0.25) is 15.1 Å². The predicted octanol–water partition coefficient (Wildman–Crippen LogP) is 5.22. The highest BCUT2D eigenvalue weighted by molar-refractivity contribution is 6.07. The van der Waals surface area contributed by atoms with Crippen LogP contribution in [0.2, 0.25) is 0 Å². The van der Waals surface area contributed by atoms with Crippen LogP contribution in [0, 0.1) is 5.92 Å². The van der Waals surface area contributed by atoms with E-state index in [1.807, 2.05) is 4.90 Å². The summed E-state index contributed by atoms with van der Waals surface area (Å²) in [5, 5.41) is 11.6. The van der Waals surface area contributed by atoms with Crippen LogP contribution in [0.25, 0.3) is 0 Å². The summed E-state index contributed by atoms with van der Waals surface area (Å²) < 4.78 is 0. The third kappa shape index (κ3) is 9.07. The van der Waals surface area contributed by atoms with Crippen LogP contribution in [0.1, 0.15) is 97.8 Å². The van der Waals surface area contributed by atoms with Crippen LogP contribution in [-0.4, -0.2) is 47.0 Å². The van der Waals surface area contributed by atoms with E-state index in [9.17, 15) is 9.59 Å². The van der Waals surface area contributed by atoms with Gasteiger partial charge in [0.05, 0.1) is 6.04 Å². The molecule has 0 aliphatic carbocycles. The zero-order valence-corrected chi connectivity index (χ0v) is 18.2. The van der Waals surface area contributed by atoms with Crippen molar-refractivity contribution in [1.82, 2.24) is 10.2 Å². The molecule has 28 heavy (non-hydrogen) atoms. The van der Waals surface area contributed by atoms with Crippen molar-refractivity contribution in [3.63, 3.8) is 0 Å². The van der Waals surface area contributed by atoms with Gasteiger partial charge >= 0.3 is 12.0 Å². The molecule has 0 saturated carbocycles. The van der Waals surface area contributed by atoms with E-state index >= 15 is 0 Å². The molecular weight excluding hydrogens is 354 g/mol. The van der Waals surface area contributed by atoms with E-state index in [2.05, 4.69) is 26.1 Å². The van der Waals surface area contributed by atoms with E-state index in [0.717, 1.165) is 70.3 Å². The topological polar surface area (TPSA) is 82.0 Å². The van der Waals surface area contributed by atoms with E-state index in [0.29, 0.717) is 12.3 Å². The monoisotopic (exact) mass is 395 g/mol. The largest absolute Gasteiger partial charge is 0.481 e. The second kappa shape index (κ2) is 14.4. The highest BCUT2D eigenvalue weighted by Crippen LogP contribution is 2.21. The number of carboxylic acids is 1. The molecule has 2 amide bonds. The van der Waals surface area contributed by atoms with Crippen molar-refractivity contribution in [2.24, 2.45) is 10.9 Å². The van der Waals surface area contributed by atoms with Crippen molar-refractivity contribution in [3.05, 3.63) is 0 Å². The number of aliphatic carboxylic acids is 1.